The Hall–Kier alpha value is -2.00. The Morgan fingerprint density at radius 3 is 2.61 bits per heavy atom. The summed E-state index contributed by atoms with van der Waals surface area (Å²) in [6.45, 7) is 5.16. The minimum absolute atomic E-state index is 0.0360. The molecule has 1 aliphatic carbocycles. The topological polar surface area (TPSA) is 53.1 Å². The van der Waals surface area contributed by atoms with Crippen LogP contribution in [0.3, 0.4) is 0 Å². The summed E-state index contributed by atoms with van der Waals surface area (Å²) < 4.78 is 44.2. The highest BCUT2D eigenvalue weighted by molar-refractivity contribution is 7.97. The lowest BCUT2D eigenvalue weighted by atomic mass is 9.94. The van der Waals surface area contributed by atoms with Crippen molar-refractivity contribution in [3.8, 4) is 0 Å². The van der Waals surface area contributed by atoms with Crippen molar-refractivity contribution in [2.75, 3.05) is 23.3 Å². The molecule has 0 radical (unpaired) electrons. The first-order chi connectivity index (χ1) is 14.8. The van der Waals surface area contributed by atoms with Gasteiger partial charge in [0.2, 0.25) is 5.95 Å². The molecule has 1 saturated carbocycles. The zero-order valence-electron chi connectivity index (χ0n) is 17.8. The molecule has 9 heteroatoms. The van der Waals surface area contributed by atoms with Gasteiger partial charge in [-0.05, 0) is 74.2 Å². The van der Waals surface area contributed by atoms with E-state index in [0.717, 1.165) is 35.2 Å². The number of alkyl halides is 3. The van der Waals surface area contributed by atoms with Gasteiger partial charge in [-0.1, -0.05) is 13.3 Å². The second-order valence-corrected chi connectivity index (χ2v) is 9.48. The Morgan fingerprint density at radius 1 is 1.16 bits per heavy atom. The van der Waals surface area contributed by atoms with Gasteiger partial charge in [-0.3, -0.25) is 4.72 Å². The molecule has 4 rings (SSSR count). The average Bonchev–Trinajstić information content (AvgIpc) is 2.68. The Bertz CT molecular complexity index is 917. The number of benzene rings is 1. The number of hydrogen-bond donors (Lipinski definition) is 2. The van der Waals surface area contributed by atoms with E-state index in [2.05, 4.69) is 33.0 Å². The monoisotopic (exact) mass is 451 g/mol. The fraction of sp³-hybridized carbons (Fsp3) is 0.545. The molecule has 1 saturated heterocycles. The summed E-state index contributed by atoms with van der Waals surface area (Å²) in [5.74, 6) is 0.477. The van der Waals surface area contributed by atoms with Crippen molar-refractivity contribution in [3.05, 3.63) is 35.5 Å². The van der Waals surface area contributed by atoms with Gasteiger partial charge in [0.1, 0.15) is 11.4 Å². The quantitative estimate of drug-likeness (QED) is 0.531. The van der Waals surface area contributed by atoms with E-state index in [9.17, 15) is 13.2 Å². The van der Waals surface area contributed by atoms with Crippen LogP contribution >= 0.6 is 11.9 Å². The fourth-order valence-electron chi connectivity index (χ4n) is 3.89. The van der Waals surface area contributed by atoms with Gasteiger partial charge in [0, 0.05) is 35.9 Å². The third-order valence-corrected chi connectivity index (χ3v) is 6.86. The van der Waals surface area contributed by atoms with Crippen molar-refractivity contribution in [3.63, 3.8) is 0 Å². The highest BCUT2D eigenvalue weighted by Gasteiger charge is 2.37. The van der Waals surface area contributed by atoms with Gasteiger partial charge in [-0.25, -0.2) is 4.98 Å². The molecular weight excluding hydrogens is 423 g/mol. The first kappa shape index (κ1) is 22.2. The summed E-state index contributed by atoms with van der Waals surface area (Å²) in [4.78, 5) is 11.1. The number of rotatable bonds is 6. The lowest BCUT2D eigenvalue weighted by molar-refractivity contribution is -0.137. The van der Waals surface area contributed by atoms with Crippen molar-refractivity contribution in [1.29, 1.82) is 0 Å². The standard InChI is InChI=1S/C22H28F3N5S/c1-14-5-4-10-30(13-14)20-18(22(23,24)25)12-26-21(28-20)27-19-9-8-17(11-15(19)2)31-29-16-6-3-7-16/h8-9,11-12,14,16,29H,3-7,10,13H2,1-2H3,(H,26,27,28). The van der Waals surface area contributed by atoms with Gasteiger partial charge in [-0.15, -0.1) is 0 Å². The summed E-state index contributed by atoms with van der Waals surface area (Å²) in [5, 5.41) is 3.11. The number of piperidine rings is 1. The zero-order chi connectivity index (χ0) is 22.0. The van der Waals surface area contributed by atoms with Crippen LogP contribution in [0.25, 0.3) is 0 Å². The maximum Gasteiger partial charge on any atom is 0.421 e. The van der Waals surface area contributed by atoms with E-state index < -0.39 is 11.7 Å². The lowest BCUT2D eigenvalue weighted by Gasteiger charge is -2.33. The minimum Gasteiger partial charge on any atom is -0.356 e. The molecule has 1 atom stereocenters. The van der Waals surface area contributed by atoms with Gasteiger partial charge in [-0.2, -0.15) is 18.2 Å². The van der Waals surface area contributed by atoms with E-state index in [-0.39, 0.29) is 11.8 Å². The average molecular weight is 452 g/mol. The zero-order valence-corrected chi connectivity index (χ0v) is 18.6. The molecule has 1 unspecified atom stereocenters. The van der Waals surface area contributed by atoms with Crippen LogP contribution in [0.5, 0.6) is 0 Å². The number of nitrogens with zero attached hydrogens (tertiary/aromatic N) is 3. The normalized spacial score (nSPS) is 19.9. The van der Waals surface area contributed by atoms with E-state index in [4.69, 9.17) is 0 Å². The Balaban J connectivity index is 1.53. The summed E-state index contributed by atoms with van der Waals surface area (Å²) in [7, 11) is 0. The van der Waals surface area contributed by atoms with Crippen LogP contribution in [0, 0.1) is 12.8 Å². The van der Waals surface area contributed by atoms with Crippen molar-refractivity contribution in [2.24, 2.45) is 5.92 Å². The Labute approximate surface area is 185 Å². The predicted octanol–water partition coefficient (Wildman–Crippen LogP) is 5.93. The smallest absolute Gasteiger partial charge is 0.356 e. The number of aromatic nitrogens is 2. The highest BCUT2D eigenvalue weighted by atomic mass is 32.2. The van der Waals surface area contributed by atoms with Crippen molar-refractivity contribution >= 4 is 29.4 Å². The lowest BCUT2D eigenvalue weighted by Crippen LogP contribution is -2.36. The van der Waals surface area contributed by atoms with Crippen LogP contribution in [0.2, 0.25) is 0 Å². The largest absolute Gasteiger partial charge is 0.421 e. The first-order valence-electron chi connectivity index (χ1n) is 10.8. The van der Waals surface area contributed by atoms with Crippen LogP contribution < -0.4 is 14.9 Å². The van der Waals surface area contributed by atoms with E-state index in [1.165, 1.54) is 19.3 Å². The summed E-state index contributed by atoms with van der Waals surface area (Å²) in [6, 6.07) is 6.54. The second-order valence-electron chi connectivity index (χ2n) is 8.57. The molecule has 31 heavy (non-hydrogen) atoms. The van der Waals surface area contributed by atoms with E-state index in [0.29, 0.717) is 25.0 Å². The van der Waals surface area contributed by atoms with E-state index >= 15 is 0 Å². The van der Waals surface area contributed by atoms with Gasteiger partial charge < -0.3 is 10.2 Å². The Kier molecular flexibility index (Phi) is 6.62. The van der Waals surface area contributed by atoms with Gasteiger partial charge in [0.05, 0.1) is 0 Å². The second kappa shape index (κ2) is 9.24. The van der Waals surface area contributed by atoms with Crippen molar-refractivity contribution < 1.29 is 13.2 Å². The van der Waals surface area contributed by atoms with Gasteiger partial charge in [0.25, 0.3) is 0 Å². The molecule has 1 aromatic heterocycles. The molecule has 0 bridgehead atoms. The molecule has 0 spiro atoms. The number of nitrogens with one attached hydrogen (secondary N) is 2. The molecule has 2 aliphatic rings. The number of aryl methyl sites for hydroxylation is 1. The van der Waals surface area contributed by atoms with Crippen molar-refractivity contribution in [1.82, 2.24) is 14.7 Å². The van der Waals surface area contributed by atoms with Crippen LogP contribution in [0.4, 0.5) is 30.6 Å². The molecule has 2 fully saturated rings. The van der Waals surface area contributed by atoms with E-state index in [1.807, 2.05) is 19.1 Å². The third kappa shape index (κ3) is 5.44. The SMILES string of the molecule is Cc1cc(SNC2CCC2)ccc1Nc1ncc(C(F)(F)F)c(N2CCCC(C)C2)n1. The van der Waals surface area contributed by atoms with Gasteiger partial charge in [0.15, 0.2) is 0 Å². The summed E-state index contributed by atoms with van der Waals surface area (Å²) in [5.41, 5.74) is 0.987. The minimum atomic E-state index is -4.49. The molecule has 5 nitrogen and oxygen atoms in total. The number of halogens is 3. The van der Waals surface area contributed by atoms with Crippen LogP contribution in [0.15, 0.2) is 29.3 Å². The van der Waals surface area contributed by atoms with Crippen molar-refractivity contribution in [2.45, 2.75) is 63.1 Å². The van der Waals surface area contributed by atoms with E-state index in [1.54, 1.807) is 16.8 Å². The molecule has 0 amide bonds. The molecule has 1 aromatic carbocycles. The third-order valence-electron chi connectivity index (χ3n) is 5.92. The maximum atomic E-state index is 13.6. The molecule has 2 aromatic rings. The van der Waals surface area contributed by atoms with Gasteiger partial charge >= 0.3 is 6.18 Å². The molecule has 2 heterocycles. The molecule has 2 N–H and O–H groups in total. The van der Waals surface area contributed by atoms with Crippen LogP contribution in [-0.2, 0) is 6.18 Å². The summed E-state index contributed by atoms with van der Waals surface area (Å²) in [6.07, 6.45) is 2.00. The first-order valence-corrected chi connectivity index (χ1v) is 11.6. The predicted molar refractivity (Wildman–Crippen MR) is 119 cm³/mol. The molecular formula is C22H28F3N5S. The summed E-state index contributed by atoms with van der Waals surface area (Å²) >= 11 is 1.62. The van der Waals surface area contributed by atoms with Crippen LogP contribution in [0.1, 0.15) is 50.2 Å². The molecule has 1 aliphatic heterocycles. The highest BCUT2D eigenvalue weighted by Crippen LogP contribution is 2.37. The number of anilines is 3. The number of hydrogen-bond acceptors (Lipinski definition) is 6. The van der Waals surface area contributed by atoms with Crippen LogP contribution in [-0.4, -0.2) is 29.1 Å². The molecule has 168 valence electrons. The Morgan fingerprint density at radius 2 is 1.97 bits per heavy atom. The fourth-order valence-corrected chi connectivity index (χ4v) is 4.80. The maximum absolute atomic E-state index is 13.6.